The number of hydrogen-bond donors (Lipinski definition) is 2. The first-order valence-corrected chi connectivity index (χ1v) is 9.11. The molecule has 0 saturated carbocycles. The average Bonchev–Trinajstić information content (AvgIpc) is 3.17. The van der Waals surface area contributed by atoms with Crippen molar-refractivity contribution >= 4 is 29.9 Å². The smallest absolute Gasteiger partial charge is 0.191 e. The van der Waals surface area contributed by atoms with E-state index in [4.69, 9.17) is 4.74 Å². The van der Waals surface area contributed by atoms with Crippen molar-refractivity contribution in [1.29, 1.82) is 0 Å². The van der Waals surface area contributed by atoms with E-state index in [2.05, 4.69) is 20.6 Å². The zero-order valence-electron chi connectivity index (χ0n) is 15.9. The highest BCUT2D eigenvalue weighted by molar-refractivity contribution is 14.0. The van der Waals surface area contributed by atoms with Crippen LogP contribution in [0.1, 0.15) is 32.3 Å². The standard InChI is InChI=1S/C19H28FN5O.HI/c1-3-22-19(23-9-5-6-12-26-4-2)24-14-16-7-8-18(17(20)13-16)25-11-10-21-15-25;/h7-8,10-11,13,15H,3-6,9,12,14H2,1-2H3,(H2,22,23,24);1H. The Kier molecular flexibility index (Phi) is 11.7. The van der Waals surface area contributed by atoms with Gasteiger partial charge >= 0.3 is 0 Å². The molecule has 1 heterocycles. The van der Waals surface area contributed by atoms with Crippen molar-refractivity contribution in [2.75, 3.05) is 26.3 Å². The van der Waals surface area contributed by atoms with E-state index in [1.54, 1.807) is 29.4 Å². The van der Waals surface area contributed by atoms with Crippen LogP contribution in [0.15, 0.2) is 41.9 Å². The van der Waals surface area contributed by atoms with Gasteiger partial charge in [0.2, 0.25) is 0 Å². The van der Waals surface area contributed by atoms with Crippen LogP contribution in [0.4, 0.5) is 4.39 Å². The second kappa shape index (κ2) is 13.5. The molecule has 1 aromatic heterocycles. The van der Waals surface area contributed by atoms with Crippen molar-refractivity contribution in [3.05, 3.63) is 48.3 Å². The number of hydrogen-bond acceptors (Lipinski definition) is 3. The third-order valence-corrected chi connectivity index (χ3v) is 3.77. The first kappa shape index (κ1) is 23.4. The van der Waals surface area contributed by atoms with E-state index in [-0.39, 0.29) is 29.8 Å². The Bertz CT molecular complexity index is 679. The number of halogens is 2. The average molecular weight is 489 g/mol. The summed E-state index contributed by atoms with van der Waals surface area (Å²) < 4.78 is 21.3. The van der Waals surface area contributed by atoms with Crippen molar-refractivity contribution in [2.24, 2.45) is 4.99 Å². The number of ether oxygens (including phenoxy) is 1. The highest BCUT2D eigenvalue weighted by Gasteiger charge is 2.05. The molecule has 0 unspecified atom stereocenters. The van der Waals surface area contributed by atoms with E-state index in [0.29, 0.717) is 12.2 Å². The number of benzene rings is 1. The quantitative estimate of drug-likeness (QED) is 0.232. The third kappa shape index (κ3) is 8.25. The lowest BCUT2D eigenvalue weighted by Crippen LogP contribution is -2.37. The van der Waals surface area contributed by atoms with E-state index in [0.717, 1.165) is 50.7 Å². The third-order valence-electron chi connectivity index (χ3n) is 3.77. The SMILES string of the molecule is CCNC(=NCc1ccc(-n2ccnc2)c(F)c1)NCCCCOCC.I. The zero-order chi connectivity index (χ0) is 18.6. The van der Waals surface area contributed by atoms with Gasteiger partial charge in [-0.2, -0.15) is 0 Å². The molecule has 2 aromatic rings. The van der Waals surface area contributed by atoms with Gasteiger partial charge < -0.3 is 19.9 Å². The minimum Gasteiger partial charge on any atom is -0.382 e. The molecule has 0 aliphatic rings. The van der Waals surface area contributed by atoms with Crippen LogP contribution >= 0.6 is 24.0 Å². The van der Waals surface area contributed by atoms with Crippen molar-refractivity contribution in [1.82, 2.24) is 20.2 Å². The molecule has 0 bridgehead atoms. The van der Waals surface area contributed by atoms with E-state index < -0.39 is 0 Å². The summed E-state index contributed by atoms with van der Waals surface area (Å²) in [6.45, 7) is 7.58. The van der Waals surface area contributed by atoms with Gasteiger partial charge in [-0.05, 0) is 44.4 Å². The first-order valence-electron chi connectivity index (χ1n) is 9.11. The van der Waals surface area contributed by atoms with Crippen molar-refractivity contribution in [3.8, 4) is 5.69 Å². The van der Waals surface area contributed by atoms with Crippen LogP contribution in [0.2, 0.25) is 0 Å². The number of unbranched alkanes of at least 4 members (excludes halogenated alkanes) is 1. The second-order valence-corrected chi connectivity index (χ2v) is 5.78. The molecule has 0 fully saturated rings. The van der Waals surface area contributed by atoms with E-state index in [1.807, 2.05) is 19.9 Å². The summed E-state index contributed by atoms with van der Waals surface area (Å²) in [7, 11) is 0. The largest absolute Gasteiger partial charge is 0.382 e. The monoisotopic (exact) mass is 489 g/mol. The second-order valence-electron chi connectivity index (χ2n) is 5.78. The van der Waals surface area contributed by atoms with Gasteiger partial charge in [-0.25, -0.2) is 14.4 Å². The molecular weight excluding hydrogens is 460 g/mol. The van der Waals surface area contributed by atoms with Crippen molar-refractivity contribution < 1.29 is 9.13 Å². The molecule has 0 aliphatic carbocycles. The van der Waals surface area contributed by atoms with Crippen LogP contribution in [-0.2, 0) is 11.3 Å². The minimum atomic E-state index is -0.287. The molecule has 1 aromatic carbocycles. The Labute approximate surface area is 177 Å². The number of rotatable bonds is 10. The van der Waals surface area contributed by atoms with E-state index >= 15 is 0 Å². The van der Waals surface area contributed by atoms with Gasteiger partial charge in [0.1, 0.15) is 5.82 Å². The van der Waals surface area contributed by atoms with Gasteiger partial charge in [-0.1, -0.05) is 6.07 Å². The summed E-state index contributed by atoms with van der Waals surface area (Å²) >= 11 is 0. The molecule has 2 N–H and O–H groups in total. The lowest BCUT2D eigenvalue weighted by molar-refractivity contribution is 0.143. The van der Waals surface area contributed by atoms with Crippen molar-refractivity contribution in [3.63, 3.8) is 0 Å². The Balaban J connectivity index is 0.00000364. The van der Waals surface area contributed by atoms with Crippen LogP contribution < -0.4 is 10.6 Å². The zero-order valence-corrected chi connectivity index (χ0v) is 18.3. The molecule has 0 aliphatic heterocycles. The van der Waals surface area contributed by atoms with Gasteiger partial charge in [-0.15, -0.1) is 24.0 Å². The fraction of sp³-hybridized carbons (Fsp3) is 0.474. The summed E-state index contributed by atoms with van der Waals surface area (Å²) in [5.41, 5.74) is 1.30. The molecule has 0 atom stereocenters. The predicted octanol–water partition coefficient (Wildman–Crippen LogP) is 3.50. The van der Waals surface area contributed by atoms with Crippen LogP contribution in [0.25, 0.3) is 5.69 Å². The number of nitrogens with one attached hydrogen (secondary N) is 2. The Hall–Kier alpha value is -1.68. The maximum Gasteiger partial charge on any atom is 0.191 e. The molecule has 0 amide bonds. The molecular formula is C19H29FIN5O. The summed E-state index contributed by atoms with van der Waals surface area (Å²) in [5.74, 6) is 0.451. The number of aromatic nitrogens is 2. The molecule has 0 radical (unpaired) electrons. The topological polar surface area (TPSA) is 63.5 Å². The lowest BCUT2D eigenvalue weighted by atomic mass is 10.2. The molecule has 6 nitrogen and oxygen atoms in total. The maximum absolute atomic E-state index is 14.3. The molecule has 150 valence electrons. The lowest BCUT2D eigenvalue weighted by Gasteiger charge is -2.11. The van der Waals surface area contributed by atoms with E-state index in [1.165, 1.54) is 6.07 Å². The number of guanidine groups is 1. The van der Waals surface area contributed by atoms with Gasteiger partial charge in [0, 0.05) is 38.7 Å². The molecule has 0 spiro atoms. The highest BCUT2D eigenvalue weighted by atomic mass is 127. The number of aliphatic imine (C=N–C) groups is 1. The Morgan fingerprint density at radius 1 is 1.26 bits per heavy atom. The van der Waals surface area contributed by atoms with Gasteiger partial charge in [0.05, 0.1) is 18.6 Å². The fourth-order valence-corrected chi connectivity index (χ4v) is 2.45. The maximum atomic E-state index is 14.3. The van der Waals surface area contributed by atoms with Gasteiger partial charge in [0.15, 0.2) is 5.96 Å². The van der Waals surface area contributed by atoms with Gasteiger partial charge in [-0.3, -0.25) is 0 Å². The van der Waals surface area contributed by atoms with Crippen LogP contribution in [0.3, 0.4) is 0 Å². The van der Waals surface area contributed by atoms with Crippen LogP contribution in [0, 0.1) is 5.82 Å². The molecule has 8 heteroatoms. The van der Waals surface area contributed by atoms with Crippen LogP contribution in [-0.4, -0.2) is 41.8 Å². The van der Waals surface area contributed by atoms with Gasteiger partial charge in [0.25, 0.3) is 0 Å². The van der Waals surface area contributed by atoms with Crippen LogP contribution in [0.5, 0.6) is 0 Å². The summed E-state index contributed by atoms with van der Waals surface area (Å²) in [6, 6.07) is 5.15. The summed E-state index contributed by atoms with van der Waals surface area (Å²) in [4.78, 5) is 8.47. The highest BCUT2D eigenvalue weighted by Crippen LogP contribution is 2.15. The minimum absolute atomic E-state index is 0. The number of nitrogens with zero attached hydrogens (tertiary/aromatic N) is 3. The number of imidazole rings is 1. The first-order chi connectivity index (χ1) is 12.7. The summed E-state index contributed by atoms with van der Waals surface area (Å²) in [5, 5.41) is 6.50. The predicted molar refractivity (Wildman–Crippen MR) is 117 cm³/mol. The normalized spacial score (nSPS) is 11.1. The molecule has 0 saturated heterocycles. The molecule has 27 heavy (non-hydrogen) atoms. The molecule has 2 rings (SSSR count). The fourth-order valence-electron chi connectivity index (χ4n) is 2.45. The van der Waals surface area contributed by atoms with E-state index in [9.17, 15) is 4.39 Å². The Morgan fingerprint density at radius 3 is 2.78 bits per heavy atom. The Morgan fingerprint density at radius 2 is 2.11 bits per heavy atom. The van der Waals surface area contributed by atoms with Crippen molar-refractivity contribution in [2.45, 2.75) is 33.2 Å². The summed E-state index contributed by atoms with van der Waals surface area (Å²) in [6.07, 6.45) is 6.95.